The zero-order valence-corrected chi connectivity index (χ0v) is 25.1. The molecule has 2 aromatic rings. The number of benzene rings is 2. The summed E-state index contributed by atoms with van der Waals surface area (Å²) in [5, 5.41) is 14.9. The lowest BCUT2D eigenvalue weighted by Crippen LogP contribution is -2.55. The van der Waals surface area contributed by atoms with Gasteiger partial charge in [-0.15, -0.1) is 0 Å². The van der Waals surface area contributed by atoms with Crippen molar-refractivity contribution < 1.29 is 23.5 Å². The maximum absolute atomic E-state index is 14.2. The summed E-state index contributed by atoms with van der Waals surface area (Å²) in [5.41, 5.74) is 8.66. The molecule has 0 fully saturated rings. The topological polar surface area (TPSA) is 98.9 Å². The molecule has 0 saturated carbocycles. The molecule has 1 heterocycles. The number of aliphatic hydroxyl groups is 1. The van der Waals surface area contributed by atoms with E-state index in [1.807, 2.05) is 32.9 Å². The largest absolute Gasteiger partial charge is 0.390 e. The van der Waals surface area contributed by atoms with E-state index in [4.69, 9.17) is 5.73 Å². The van der Waals surface area contributed by atoms with Crippen molar-refractivity contribution in [3.63, 3.8) is 0 Å². The Kier molecular flexibility index (Phi) is 12.2. The Bertz CT molecular complexity index is 1270. The van der Waals surface area contributed by atoms with Gasteiger partial charge >= 0.3 is 0 Å². The lowest BCUT2D eigenvalue weighted by molar-refractivity contribution is -0.130. The molecule has 0 bridgehead atoms. The molecule has 4 N–H and O–H groups in total. The number of hydrogen-bond acceptors (Lipinski definition) is 5. The molecule has 1 aliphatic rings. The zero-order valence-electron chi connectivity index (χ0n) is 25.1. The van der Waals surface area contributed by atoms with Gasteiger partial charge in [0.15, 0.2) is 0 Å². The predicted molar refractivity (Wildman–Crippen MR) is 161 cm³/mol. The van der Waals surface area contributed by atoms with Crippen molar-refractivity contribution in [1.82, 2.24) is 15.1 Å². The van der Waals surface area contributed by atoms with Crippen molar-refractivity contribution in [3.8, 4) is 0 Å². The first-order chi connectivity index (χ1) is 20.1. The number of aliphatic hydroxyl groups excluding tert-OH is 1. The highest BCUT2D eigenvalue weighted by molar-refractivity contribution is 6.00. The van der Waals surface area contributed by atoms with E-state index >= 15 is 0 Å². The van der Waals surface area contributed by atoms with Gasteiger partial charge in [-0.05, 0) is 73.6 Å². The van der Waals surface area contributed by atoms with Gasteiger partial charge in [-0.3, -0.25) is 9.59 Å². The number of nitrogens with zero attached hydrogens (tertiary/aromatic N) is 2. The van der Waals surface area contributed by atoms with Gasteiger partial charge in [-0.2, -0.15) is 0 Å². The summed E-state index contributed by atoms with van der Waals surface area (Å²) < 4.78 is 28.4. The third kappa shape index (κ3) is 8.72. The number of amides is 2. The molecule has 42 heavy (non-hydrogen) atoms. The fraction of sp³-hybridized carbons (Fsp3) is 0.455. The SMILES string of the molecule is CCCN(CCC)C(=O)C1=CC(C(N)=O)=CC(C)N1[C@@H](Cc1cc(F)cc(F)c1)[C@H](O)CNCc1cccc(CC)c1. The van der Waals surface area contributed by atoms with E-state index < -0.39 is 35.7 Å². The van der Waals surface area contributed by atoms with Gasteiger partial charge < -0.3 is 26.0 Å². The summed E-state index contributed by atoms with van der Waals surface area (Å²) >= 11 is 0. The number of carbonyl (C=O) groups is 2. The molecule has 3 rings (SSSR count). The maximum Gasteiger partial charge on any atom is 0.270 e. The van der Waals surface area contributed by atoms with E-state index in [-0.39, 0.29) is 30.1 Å². The van der Waals surface area contributed by atoms with E-state index in [1.165, 1.54) is 23.8 Å². The summed E-state index contributed by atoms with van der Waals surface area (Å²) in [5.74, 6) is -2.40. The van der Waals surface area contributed by atoms with Crippen molar-refractivity contribution in [2.24, 2.45) is 5.73 Å². The quantitative estimate of drug-likeness (QED) is 0.292. The average Bonchev–Trinajstić information content (AvgIpc) is 2.94. The maximum atomic E-state index is 14.2. The van der Waals surface area contributed by atoms with Crippen LogP contribution in [0.15, 0.2) is 65.9 Å². The third-order valence-electron chi connectivity index (χ3n) is 7.46. The first kappa shape index (κ1) is 32.9. The number of rotatable bonds is 15. The highest BCUT2D eigenvalue weighted by atomic mass is 19.1. The van der Waals surface area contributed by atoms with Crippen LogP contribution in [0.2, 0.25) is 0 Å². The van der Waals surface area contributed by atoms with Crippen LogP contribution in [0.5, 0.6) is 0 Å². The minimum absolute atomic E-state index is 0.0547. The number of nitrogens with two attached hydrogens (primary N) is 1. The lowest BCUT2D eigenvalue weighted by atomic mass is 9.93. The Morgan fingerprint density at radius 2 is 1.67 bits per heavy atom. The molecular weight excluding hydrogens is 538 g/mol. The molecule has 228 valence electrons. The van der Waals surface area contributed by atoms with E-state index in [9.17, 15) is 23.5 Å². The number of hydrogen-bond donors (Lipinski definition) is 3. The molecule has 0 spiro atoms. The van der Waals surface area contributed by atoms with Crippen molar-refractivity contribution >= 4 is 11.8 Å². The van der Waals surface area contributed by atoms with Gasteiger partial charge in [-0.1, -0.05) is 45.0 Å². The molecule has 3 atom stereocenters. The van der Waals surface area contributed by atoms with Crippen molar-refractivity contribution in [2.75, 3.05) is 19.6 Å². The van der Waals surface area contributed by atoms with Crippen LogP contribution < -0.4 is 11.1 Å². The first-order valence-electron chi connectivity index (χ1n) is 14.8. The Morgan fingerprint density at radius 3 is 2.26 bits per heavy atom. The lowest BCUT2D eigenvalue weighted by Gasteiger charge is -2.43. The fourth-order valence-electron chi connectivity index (χ4n) is 5.50. The van der Waals surface area contributed by atoms with E-state index in [0.29, 0.717) is 25.2 Å². The first-order valence-corrected chi connectivity index (χ1v) is 14.8. The Morgan fingerprint density at radius 1 is 1.02 bits per heavy atom. The summed E-state index contributed by atoms with van der Waals surface area (Å²) in [7, 11) is 0. The van der Waals surface area contributed by atoms with Gasteiger partial charge in [0.2, 0.25) is 5.91 Å². The molecule has 2 aromatic carbocycles. The van der Waals surface area contributed by atoms with E-state index in [0.717, 1.165) is 30.9 Å². The van der Waals surface area contributed by atoms with Crippen LogP contribution in [-0.4, -0.2) is 64.5 Å². The number of carbonyl (C=O) groups excluding carboxylic acids is 2. The molecule has 7 nitrogen and oxygen atoms in total. The highest BCUT2D eigenvalue weighted by Gasteiger charge is 2.37. The average molecular weight is 583 g/mol. The molecule has 9 heteroatoms. The van der Waals surface area contributed by atoms with Crippen molar-refractivity contribution in [2.45, 2.75) is 78.1 Å². The van der Waals surface area contributed by atoms with Crippen molar-refractivity contribution in [1.29, 1.82) is 0 Å². The Balaban J connectivity index is 1.99. The van der Waals surface area contributed by atoms with Gasteiger partial charge in [0.05, 0.1) is 12.1 Å². The number of nitrogens with one attached hydrogen (secondary N) is 1. The van der Waals surface area contributed by atoms with Gasteiger partial charge in [0.25, 0.3) is 5.91 Å². The van der Waals surface area contributed by atoms with Gasteiger partial charge in [0, 0.05) is 43.9 Å². The summed E-state index contributed by atoms with van der Waals surface area (Å²) in [6.45, 7) is 9.55. The van der Waals surface area contributed by atoms with Crippen LogP contribution in [0.3, 0.4) is 0 Å². The molecule has 0 saturated heterocycles. The summed E-state index contributed by atoms with van der Waals surface area (Å²) in [6, 6.07) is 10.1. The molecular formula is C33H44F2N4O3. The minimum atomic E-state index is -1.04. The van der Waals surface area contributed by atoms with Crippen LogP contribution in [0.4, 0.5) is 8.78 Å². The second-order valence-corrected chi connectivity index (χ2v) is 10.9. The van der Waals surface area contributed by atoms with Crippen LogP contribution >= 0.6 is 0 Å². The highest BCUT2D eigenvalue weighted by Crippen LogP contribution is 2.29. The number of halogens is 2. The smallest absolute Gasteiger partial charge is 0.270 e. The molecule has 0 aliphatic carbocycles. The predicted octanol–water partition coefficient (Wildman–Crippen LogP) is 4.24. The normalized spacial score (nSPS) is 16.5. The fourth-order valence-corrected chi connectivity index (χ4v) is 5.50. The standard InChI is InChI=1S/C33H44F2N4O3/c1-5-11-38(12-6-2)33(42)30-18-26(32(36)41)13-22(4)39(30)29(17-25-15-27(34)19-28(35)16-25)31(40)21-37-20-24-10-8-9-23(7-3)14-24/h8-10,13-16,18-19,22,29,31,37,40H,5-7,11-12,17,20-21H2,1-4H3,(H2,36,41)/t22?,29-,31+/m0/s1. The second-order valence-electron chi connectivity index (χ2n) is 10.9. The minimum Gasteiger partial charge on any atom is -0.390 e. The summed E-state index contributed by atoms with van der Waals surface area (Å²) in [4.78, 5) is 29.7. The Labute approximate surface area is 248 Å². The number of primary amides is 1. The third-order valence-corrected chi connectivity index (χ3v) is 7.46. The van der Waals surface area contributed by atoms with Gasteiger partial charge in [0.1, 0.15) is 17.3 Å². The molecule has 1 unspecified atom stereocenters. The van der Waals surface area contributed by atoms with E-state index in [2.05, 4.69) is 24.4 Å². The van der Waals surface area contributed by atoms with Crippen LogP contribution in [-0.2, 0) is 29.0 Å². The van der Waals surface area contributed by atoms with Crippen LogP contribution in [0.1, 0.15) is 57.2 Å². The van der Waals surface area contributed by atoms with Crippen LogP contribution in [0.25, 0.3) is 0 Å². The molecule has 0 aromatic heterocycles. The van der Waals surface area contributed by atoms with Crippen molar-refractivity contribution in [3.05, 3.63) is 94.2 Å². The monoisotopic (exact) mass is 582 g/mol. The van der Waals surface area contributed by atoms with E-state index in [1.54, 1.807) is 15.9 Å². The second kappa shape index (κ2) is 15.6. The molecule has 2 amide bonds. The molecule has 1 aliphatic heterocycles. The number of aryl methyl sites for hydroxylation is 1. The summed E-state index contributed by atoms with van der Waals surface area (Å²) in [6.07, 6.45) is 4.53. The van der Waals surface area contributed by atoms with Crippen LogP contribution in [0, 0.1) is 11.6 Å². The Hall–Kier alpha value is -3.56. The zero-order chi connectivity index (χ0) is 30.8. The van der Waals surface area contributed by atoms with Gasteiger partial charge in [-0.25, -0.2) is 8.78 Å². The molecule has 0 radical (unpaired) electrons.